The molecular formula is C39H52Si. The van der Waals surface area contributed by atoms with Crippen LogP contribution >= 0.6 is 0 Å². The number of benzene rings is 3. The average molecular weight is 549 g/mol. The van der Waals surface area contributed by atoms with Gasteiger partial charge in [-0.15, -0.1) is 0 Å². The highest BCUT2D eigenvalue weighted by Gasteiger charge is 2.49. The predicted molar refractivity (Wildman–Crippen MR) is 180 cm³/mol. The molecule has 0 spiro atoms. The van der Waals surface area contributed by atoms with E-state index in [0.29, 0.717) is 5.54 Å². The number of rotatable bonds is 13. The first-order valence-corrected chi connectivity index (χ1v) is 18.1. The molecule has 0 aliphatic heterocycles. The van der Waals surface area contributed by atoms with Crippen molar-refractivity contribution in [2.45, 2.75) is 105 Å². The fourth-order valence-corrected chi connectivity index (χ4v) is 12.1. The maximum absolute atomic E-state index is 2.54. The molecule has 1 aliphatic carbocycles. The molecule has 4 rings (SSSR count). The van der Waals surface area contributed by atoms with E-state index < -0.39 is 8.07 Å². The summed E-state index contributed by atoms with van der Waals surface area (Å²) < 4.78 is 0. The Morgan fingerprint density at radius 2 is 0.900 bits per heavy atom. The molecule has 40 heavy (non-hydrogen) atoms. The van der Waals surface area contributed by atoms with Crippen molar-refractivity contribution < 1.29 is 0 Å². The Morgan fingerprint density at radius 3 is 1.20 bits per heavy atom. The standard InChI is InChI=1S/C39H52Si/c1-7-10-14-31-19-25-34(26-20-31)40(38-18-13-17-37(38)39(4,5)6,35-27-21-32(22-28-35)15-11-8-2)36-29-23-33(24-30-36)16-12-9-3/h13,17-30,38H,7-12,14-16H2,1-6H3. The largest absolute Gasteiger partial charge is 0.159 e. The molecule has 1 aliphatic rings. The fourth-order valence-electron chi connectivity index (χ4n) is 6.56. The normalized spacial score (nSPS) is 15.4. The van der Waals surface area contributed by atoms with Gasteiger partial charge in [-0.3, -0.25) is 0 Å². The van der Waals surface area contributed by atoms with Crippen LogP contribution in [-0.2, 0) is 19.3 Å². The molecule has 1 unspecified atom stereocenters. The van der Waals surface area contributed by atoms with Gasteiger partial charge in [0.05, 0.1) is 0 Å². The molecule has 0 fully saturated rings. The summed E-state index contributed by atoms with van der Waals surface area (Å²) in [6, 6.07) is 29.6. The van der Waals surface area contributed by atoms with Crippen molar-refractivity contribution in [3.8, 4) is 0 Å². The van der Waals surface area contributed by atoms with E-state index in [1.54, 1.807) is 5.57 Å². The van der Waals surface area contributed by atoms with Crippen LogP contribution in [0.2, 0.25) is 5.54 Å². The highest BCUT2D eigenvalue weighted by molar-refractivity contribution is 7.13. The minimum Gasteiger partial charge on any atom is -0.0790 e. The smallest absolute Gasteiger partial charge is 0.0790 e. The molecule has 0 N–H and O–H groups in total. The Balaban J connectivity index is 1.95. The van der Waals surface area contributed by atoms with Gasteiger partial charge >= 0.3 is 0 Å². The summed E-state index contributed by atoms with van der Waals surface area (Å²) in [5.41, 5.74) is 6.46. The topological polar surface area (TPSA) is 0 Å². The summed E-state index contributed by atoms with van der Waals surface area (Å²) in [5, 5.41) is 4.59. The van der Waals surface area contributed by atoms with Crippen molar-refractivity contribution in [1.82, 2.24) is 0 Å². The van der Waals surface area contributed by atoms with Gasteiger partial charge in [-0.25, -0.2) is 0 Å². The van der Waals surface area contributed by atoms with E-state index in [2.05, 4.69) is 133 Å². The fraction of sp³-hybridized carbons (Fsp3) is 0.436. The highest BCUT2D eigenvalue weighted by Crippen LogP contribution is 2.44. The third kappa shape index (κ3) is 6.63. The van der Waals surface area contributed by atoms with Crippen molar-refractivity contribution in [3.05, 3.63) is 113 Å². The molecule has 3 aromatic rings. The molecule has 0 saturated carbocycles. The number of aryl methyl sites for hydroxylation is 3. The van der Waals surface area contributed by atoms with Crippen LogP contribution in [-0.4, -0.2) is 8.07 Å². The molecule has 212 valence electrons. The van der Waals surface area contributed by atoms with Gasteiger partial charge in [-0.1, -0.05) is 157 Å². The zero-order valence-electron chi connectivity index (χ0n) is 26.1. The molecule has 0 aromatic heterocycles. The number of unbranched alkanes of at least 4 members (excludes halogenated alkanes) is 3. The van der Waals surface area contributed by atoms with Crippen LogP contribution in [0.5, 0.6) is 0 Å². The van der Waals surface area contributed by atoms with E-state index in [-0.39, 0.29) is 5.41 Å². The van der Waals surface area contributed by atoms with Crippen molar-refractivity contribution >= 4 is 23.6 Å². The van der Waals surface area contributed by atoms with Crippen molar-refractivity contribution in [1.29, 1.82) is 0 Å². The Bertz CT molecular complexity index is 1130. The second-order valence-corrected chi connectivity index (χ2v) is 16.9. The van der Waals surface area contributed by atoms with Gasteiger partial charge in [0, 0.05) is 5.54 Å². The molecular weight excluding hydrogens is 497 g/mol. The first-order chi connectivity index (χ1) is 19.3. The van der Waals surface area contributed by atoms with Gasteiger partial charge < -0.3 is 0 Å². The van der Waals surface area contributed by atoms with E-state index in [9.17, 15) is 0 Å². The zero-order chi connectivity index (χ0) is 28.6. The highest BCUT2D eigenvalue weighted by atomic mass is 28.3. The third-order valence-corrected chi connectivity index (χ3v) is 14.1. The van der Waals surface area contributed by atoms with Crippen LogP contribution in [0.4, 0.5) is 0 Å². The summed E-state index contributed by atoms with van der Waals surface area (Å²) in [7, 11) is -2.48. The van der Waals surface area contributed by atoms with E-state index in [1.165, 1.54) is 90.0 Å². The summed E-state index contributed by atoms with van der Waals surface area (Å²) in [5.74, 6) is 0. The van der Waals surface area contributed by atoms with Crippen LogP contribution in [0, 0.1) is 5.41 Å². The molecule has 1 atom stereocenters. The van der Waals surface area contributed by atoms with Crippen molar-refractivity contribution in [3.63, 3.8) is 0 Å². The molecule has 0 radical (unpaired) electrons. The summed E-state index contributed by atoms with van der Waals surface area (Å²) in [4.78, 5) is 0. The minimum absolute atomic E-state index is 0.107. The van der Waals surface area contributed by atoms with E-state index >= 15 is 0 Å². The molecule has 0 nitrogen and oxygen atoms in total. The Labute approximate surface area is 246 Å². The number of allylic oxidation sites excluding steroid dienone is 4. The van der Waals surface area contributed by atoms with Gasteiger partial charge in [0.25, 0.3) is 0 Å². The first kappa shape index (κ1) is 30.3. The summed E-state index contributed by atoms with van der Waals surface area (Å²) >= 11 is 0. The first-order valence-electron chi connectivity index (χ1n) is 16.0. The minimum atomic E-state index is -2.48. The maximum atomic E-state index is 2.54. The van der Waals surface area contributed by atoms with Crippen LogP contribution in [0.15, 0.2) is 96.6 Å². The molecule has 1 heteroatoms. The Hall–Kier alpha value is -2.64. The van der Waals surface area contributed by atoms with E-state index in [4.69, 9.17) is 0 Å². The molecule has 3 aromatic carbocycles. The predicted octanol–water partition coefficient (Wildman–Crippen LogP) is 9.10. The second kappa shape index (κ2) is 13.8. The molecule has 0 heterocycles. The van der Waals surface area contributed by atoms with Gasteiger partial charge in [0.2, 0.25) is 0 Å². The number of hydrogen-bond donors (Lipinski definition) is 0. The lowest BCUT2D eigenvalue weighted by atomic mass is 9.85. The second-order valence-electron chi connectivity index (χ2n) is 12.9. The van der Waals surface area contributed by atoms with Crippen molar-refractivity contribution in [2.24, 2.45) is 5.41 Å². The summed E-state index contributed by atoms with van der Waals surface area (Å²) in [6.07, 6.45) is 18.3. The SMILES string of the molecule is CCCCc1ccc([Si](c2ccc(CCCC)cc2)(c2ccc(CCCC)cc2)C2C=CC=C2C(C)(C)C)cc1. The van der Waals surface area contributed by atoms with Gasteiger partial charge in [0.1, 0.15) is 0 Å². The molecule has 0 bridgehead atoms. The van der Waals surface area contributed by atoms with E-state index in [1.807, 2.05) is 0 Å². The zero-order valence-corrected chi connectivity index (χ0v) is 27.1. The van der Waals surface area contributed by atoms with Crippen LogP contribution in [0.25, 0.3) is 0 Å². The van der Waals surface area contributed by atoms with Crippen LogP contribution in [0.1, 0.15) is 96.8 Å². The van der Waals surface area contributed by atoms with Gasteiger partial charge in [-0.2, -0.15) is 0 Å². The third-order valence-electron chi connectivity index (χ3n) is 8.93. The van der Waals surface area contributed by atoms with E-state index in [0.717, 1.165) is 0 Å². The molecule has 0 saturated heterocycles. The summed E-state index contributed by atoms with van der Waals surface area (Å²) in [6.45, 7) is 14.0. The van der Waals surface area contributed by atoms with Crippen molar-refractivity contribution in [2.75, 3.05) is 0 Å². The quantitative estimate of drug-likeness (QED) is 0.148. The lowest BCUT2D eigenvalue weighted by molar-refractivity contribution is 0.495. The van der Waals surface area contributed by atoms with Gasteiger partial charge in [0.15, 0.2) is 8.07 Å². The Morgan fingerprint density at radius 1 is 0.550 bits per heavy atom. The Kier molecular flexibility index (Phi) is 10.5. The van der Waals surface area contributed by atoms with Crippen LogP contribution in [0.3, 0.4) is 0 Å². The lowest BCUT2D eigenvalue weighted by Crippen LogP contribution is -2.70. The maximum Gasteiger partial charge on any atom is 0.159 e. The molecule has 0 amide bonds. The average Bonchev–Trinajstić information content (AvgIpc) is 3.47. The van der Waals surface area contributed by atoms with Crippen LogP contribution < -0.4 is 15.6 Å². The van der Waals surface area contributed by atoms with Gasteiger partial charge in [-0.05, 0) is 76.2 Å². The number of hydrogen-bond acceptors (Lipinski definition) is 0. The lowest BCUT2D eigenvalue weighted by Gasteiger charge is -2.42. The monoisotopic (exact) mass is 548 g/mol.